The first kappa shape index (κ1) is 14.3. The van der Waals surface area contributed by atoms with Gasteiger partial charge in [-0.2, -0.15) is 0 Å². The van der Waals surface area contributed by atoms with Crippen LogP contribution in [-0.4, -0.2) is 51.3 Å². The Bertz CT molecular complexity index is 233. The van der Waals surface area contributed by atoms with Gasteiger partial charge in [0, 0.05) is 40.4 Å². The van der Waals surface area contributed by atoms with Gasteiger partial charge in [0.2, 0.25) is 0 Å². The van der Waals surface area contributed by atoms with Crippen molar-refractivity contribution in [2.75, 3.05) is 40.4 Å². The van der Waals surface area contributed by atoms with Crippen molar-refractivity contribution in [2.45, 2.75) is 26.7 Å². The van der Waals surface area contributed by atoms with E-state index >= 15 is 0 Å². The number of hydrogen-bond donors (Lipinski definition) is 1. The molecule has 0 aliphatic carbocycles. The number of piperidine rings is 1. The number of likely N-dealkylation sites (tertiary alicyclic amines) is 1. The van der Waals surface area contributed by atoms with Gasteiger partial charge < -0.3 is 15.0 Å². The van der Waals surface area contributed by atoms with E-state index in [9.17, 15) is 0 Å². The van der Waals surface area contributed by atoms with Gasteiger partial charge in [0.05, 0.1) is 0 Å². The van der Waals surface area contributed by atoms with Gasteiger partial charge in [0.1, 0.15) is 0 Å². The number of hydrogen-bond acceptors (Lipinski definition) is 2. The third kappa shape index (κ3) is 4.94. The van der Waals surface area contributed by atoms with Crippen LogP contribution in [0.5, 0.6) is 0 Å². The maximum absolute atomic E-state index is 5.04. The van der Waals surface area contributed by atoms with Crippen LogP contribution in [0.15, 0.2) is 4.99 Å². The monoisotopic (exact) mass is 241 g/mol. The standard InChI is InChI=1S/C13H27N3O/c1-11-8-12(2)10-16(9-11)13(14-3)15-6-5-7-17-4/h11-12H,5-10H2,1-4H3,(H,14,15). The highest BCUT2D eigenvalue weighted by molar-refractivity contribution is 5.79. The Balaban J connectivity index is 2.38. The molecule has 1 N–H and O–H groups in total. The summed E-state index contributed by atoms with van der Waals surface area (Å²) in [6, 6.07) is 0. The smallest absolute Gasteiger partial charge is 0.193 e. The highest BCUT2D eigenvalue weighted by Gasteiger charge is 2.23. The molecule has 1 fully saturated rings. The van der Waals surface area contributed by atoms with Crippen LogP contribution >= 0.6 is 0 Å². The molecule has 4 heteroatoms. The molecule has 0 aromatic carbocycles. The third-order valence-electron chi connectivity index (χ3n) is 3.19. The fourth-order valence-electron chi connectivity index (χ4n) is 2.58. The molecule has 1 saturated heterocycles. The van der Waals surface area contributed by atoms with Crippen LogP contribution in [-0.2, 0) is 4.74 Å². The number of guanidine groups is 1. The van der Waals surface area contributed by atoms with E-state index in [4.69, 9.17) is 4.74 Å². The Hall–Kier alpha value is -0.770. The SMILES string of the molecule is CN=C(NCCCOC)N1CC(C)CC(C)C1. The van der Waals surface area contributed by atoms with Crippen molar-refractivity contribution >= 4 is 5.96 Å². The summed E-state index contributed by atoms with van der Waals surface area (Å²) in [6.07, 6.45) is 2.35. The quantitative estimate of drug-likeness (QED) is 0.461. The lowest BCUT2D eigenvalue weighted by Gasteiger charge is -2.37. The predicted molar refractivity (Wildman–Crippen MR) is 72.4 cm³/mol. The van der Waals surface area contributed by atoms with Crippen LogP contribution < -0.4 is 5.32 Å². The number of aliphatic imine (C=N–C) groups is 1. The molecule has 1 rings (SSSR count). The highest BCUT2D eigenvalue weighted by atomic mass is 16.5. The summed E-state index contributed by atoms with van der Waals surface area (Å²) < 4.78 is 5.04. The second-order valence-corrected chi connectivity index (χ2v) is 5.17. The van der Waals surface area contributed by atoms with E-state index in [0.717, 1.165) is 50.5 Å². The topological polar surface area (TPSA) is 36.9 Å². The summed E-state index contributed by atoms with van der Waals surface area (Å²) in [5.74, 6) is 2.56. The van der Waals surface area contributed by atoms with Gasteiger partial charge in [-0.3, -0.25) is 4.99 Å². The van der Waals surface area contributed by atoms with E-state index in [0.29, 0.717) is 0 Å². The summed E-state index contributed by atoms with van der Waals surface area (Å²) in [5, 5.41) is 3.41. The van der Waals surface area contributed by atoms with E-state index in [1.165, 1.54) is 6.42 Å². The first-order valence-corrected chi connectivity index (χ1v) is 6.62. The lowest BCUT2D eigenvalue weighted by molar-refractivity contribution is 0.192. The Labute approximate surface area is 105 Å². The van der Waals surface area contributed by atoms with Crippen LogP contribution in [0, 0.1) is 11.8 Å². The molecule has 2 atom stereocenters. The molecule has 0 amide bonds. The van der Waals surface area contributed by atoms with Crippen molar-refractivity contribution in [3.05, 3.63) is 0 Å². The summed E-state index contributed by atoms with van der Waals surface area (Å²) in [5.41, 5.74) is 0. The molecule has 0 saturated carbocycles. The van der Waals surface area contributed by atoms with Crippen LogP contribution in [0.25, 0.3) is 0 Å². The molecule has 100 valence electrons. The number of nitrogens with zero attached hydrogens (tertiary/aromatic N) is 2. The predicted octanol–water partition coefficient (Wildman–Crippen LogP) is 1.58. The zero-order valence-corrected chi connectivity index (χ0v) is 11.7. The molecule has 0 aromatic heterocycles. The fourth-order valence-corrected chi connectivity index (χ4v) is 2.58. The van der Waals surface area contributed by atoms with Crippen LogP contribution in [0.1, 0.15) is 26.7 Å². The molecule has 0 aromatic rings. The number of methoxy groups -OCH3 is 1. The second-order valence-electron chi connectivity index (χ2n) is 5.17. The molecule has 0 spiro atoms. The molecule has 0 bridgehead atoms. The first-order valence-electron chi connectivity index (χ1n) is 6.62. The van der Waals surface area contributed by atoms with Crippen molar-refractivity contribution in [1.29, 1.82) is 0 Å². The lowest BCUT2D eigenvalue weighted by atomic mass is 9.92. The molecular formula is C13H27N3O. The van der Waals surface area contributed by atoms with Gasteiger partial charge in [-0.25, -0.2) is 0 Å². The van der Waals surface area contributed by atoms with Gasteiger partial charge in [-0.15, -0.1) is 0 Å². The molecule has 1 aliphatic rings. The summed E-state index contributed by atoms with van der Waals surface area (Å²) >= 11 is 0. The minimum atomic E-state index is 0.760. The molecule has 1 heterocycles. The normalized spacial score (nSPS) is 26.1. The Morgan fingerprint density at radius 3 is 2.53 bits per heavy atom. The van der Waals surface area contributed by atoms with Gasteiger partial charge in [0.25, 0.3) is 0 Å². The Morgan fingerprint density at radius 1 is 1.35 bits per heavy atom. The zero-order chi connectivity index (χ0) is 12.7. The molecule has 1 aliphatic heterocycles. The van der Waals surface area contributed by atoms with Gasteiger partial charge >= 0.3 is 0 Å². The molecular weight excluding hydrogens is 214 g/mol. The van der Waals surface area contributed by atoms with Gasteiger partial charge in [-0.05, 0) is 24.7 Å². The Morgan fingerprint density at radius 2 is 2.00 bits per heavy atom. The molecule has 4 nitrogen and oxygen atoms in total. The summed E-state index contributed by atoms with van der Waals surface area (Å²) in [6.45, 7) is 8.61. The fraction of sp³-hybridized carbons (Fsp3) is 0.923. The lowest BCUT2D eigenvalue weighted by Crippen LogP contribution is -2.48. The second kappa shape index (κ2) is 7.54. The average molecular weight is 241 g/mol. The van der Waals surface area contributed by atoms with Crippen molar-refractivity contribution < 1.29 is 4.74 Å². The first-order chi connectivity index (χ1) is 8.17. The highest BCUT2D eigenvalue weighted by Crippen LogP contribution is 2.20. The van der Waals surface area contributed by atoms with Crippen molar-refractivity contribution in [3.63, 3.8) is 0 Å². The average Bonchev–Trinajstić information content (AvgIpc) is 2.28. The van der Waals surface area contributed by atoms with E-state index < -0.39 is 0 Å². The van der Waals surface area contributed by atoms with Crippen molar-refractivity contribution in [1.82, 2.24) is 10.2 Å². The molecule has 0 radical (unpaired) electrons. The number of rotatable bonds is 4. The van der Waals surface area contributed by atoms with Crippen LogP contribution in [0.2, 0.25) is 0 Å². The third-order valence-corrected chi connectivity index (χ3v) is 3.19. The van der Waals surface area contributed by atoms with E-state index in [2.05, 4.69) is 29.1 Å². The van der Waals surface area contributed by atoms with Crippen LogP contribution in [0.4, 0.5) is 0 Å². The van der Waals surface area contributed by atoms with E-state index in [1.54, 1.807) is 7.11 Å². The number of nitrogens with one attached hydrogen (secondary N) is 1. The van der Waals surface area contributed by atoms with Gasteiger partial charge in [-0.1, -0.05) is 13.8 Å². The minimum absolute atomic E-state index is 0.760. The minimum Gasteiger partial charge on any atom is -0.385 e. The van der Waals surface area contributed by atoms with Crippen molar-refractivity contribution in [3.8, 4) is 0 Å². The van der Waals surface area contributed by atoms with Gasteiger partial charge in [0.15, 0.2) is 5.96 Å². The largest absolute Gasteiger partial charge is 0.385 e. The summed E-state index contributed by atoms with van der Waals surface area (Å²) in [4.78, 5) is 6.75. The van der Waals surface area contributed by atoms with Crippen LogP contribution in [0.3, 0.4) is 0 Å². The summed E-state index contributed by atoms with van der Waals surface area (Å²) in [7, 11) is 3.60. The Kier molecular flexibility index (Phi) is 6.34. The van der Waals surface area contributed by atoms with E-state index in [-0.39, 0.29) is 0 Å². The van der Waals surface area contributed by atoms with E-state index in [1.807, 2.05) is 7.05 Å². The number of ether oxygens (including phenoxy) is 1. The maximum atomic E-state index is 5.04. The maximum Gasteiger partial charge on any atom is 0.193 e. The molecule has 17 heavy (non-hydrogen) atoms. The zero-order valence-electron chi connectivity index (χ0n) is 11.7. The van der Waals surface area contributed by atoms with Crippen molar-refractivity contribution in [2.24, 2.45) is 16.8 Å². The molecule has 2 unspecified atom stereocenters.